The first-order chi connectivity index (χ1) is 12.3. The minimum Gasteiger partial charge on any atom is -0.490 e. The van der Waals surface area contributed by atoms with Gasteiger partial charge in [0.05, 0.1) is 19.0 Å². The van der Waals surface area contributed by atoms with Crippen molar-refractivity contribution in [3.05, 3.63) is 48.3 Å². The first-order valence-electron chi connectivity index (χ1n) is 9.55. The minimum absolute atomic E-state index is 0.721. The molecule has 2 aromatic rings. The molecule has 0 fully saturated rings. The fourth-order valence-electron chi connectivity index (χ4n) is 2.53. The monoisotopic (exact) mass is 338 g/mol. The van der Waals surface area contributed by atoms with Crippen molar-refractivity contribution in [2.75, 3.05) is 6.61 Å². The van der Waals surface area contributed by atoms with Gasteiger partial charge in [0.15, 0.2) is 11.6 Å². The molecular formula is C22H30N2O. The van der Waals surface area contributed by atoms with Crippen molar-refractivity contribution in [3.8, 4) is 17.1 Å². The number of hydrogen-bond donors (Lipinski definition) is 0. The van der Waals surface area contributed by atoms with E-state index in [-0.39, 0.29) is 0 Å². The third-order valence-corrected chi connectivity index (χ3v) is 4.10. The minimum atomic E-state index is 0.721. The van der Waals surface area contributed by atoms with Gasteiger partial charge in [0, 0.05) is 5.56 Å². The molecule has 0 unspecified atom stereocenters. The van der Waals surface area contributed by atoms with Crippen LogP contribution < -0.4 is 4.74 Å². The summed E-state index contributed by atoms with van der Waals surface area (Å²) in [4.78, 5) is 8.81. The molecule has 1 aromatic carbocycles. The number of nitrogens with zero attached hydrogens (tertiary/aromatic N) is 2. The highest BCUT2D eigenvalue weighted by molar-refractivity contribution is 5.59. The van der Waals surface area contributed by atoms with Crippen LogP contribution in [0.2, 0.25) is 0 Å². The zero-order valence-electron chi connectivity index (χ0n) is 15.6. The fraction of sp³-hybridized carbons (Fsp3) is 0.455. The number of allylic oxidation sites excluding steroid dienone is 1. The van der Waals surface area contributed by atoms with E-state index >= 15 is 0 Å². The number of aromatic nitrogens is 2. The summed E-state index contributed by atoms with van der Waals surface area (Å²) in [6.45, 7) is 5.11. The molecule has 0 spiro atoms. The van der Waals surface area contributed by atoms with E-state index in [1.807, 2.05) is 0 Å². The van der Waals surface area contributed by atoms with Crippen LogP contribution in [0.5, 0.6) is 5.75 Å². The maximum Gasteiger partial charge on any atom is 0.159 e. The van der Waals surface area contributed by atoms with Gasteiger partial charge in [-0.25, -0.2) is 9.97 Å². The first-order valence-corrected chi connectivity index (χ1v) is 9.55. The van der Waals surface area contributed by atoms with Crippen LogP contribution >= 0.6 is 0 Å². The van der Waals surface area contributed by atoms with Crippen LogP contribution in [0.25, 0.3) is 17.5 Å². The van der Waals surface area contributed by atoms with E-state index in [0.717, 1.165) is 43.0 Å². The third kappa shape index (κ3) is 7.08. The predicted molar refractivity (Wildman–Crippen MR) is 106 cm³/mol. The summed E-state index contributed by atoms with van der Waals surface area (Å²) in [5.41, 5.74) is 2.25. The number of hydrogen-bond acceptors (Lipinski definition) is 3. The largest absolute Gasteiger partial charge is 0.490 e. The second kappa shape index (κ2) is 11.4. The smallest absolute Gasteiger partial charge is 0.159 e. The van der Waals surface area contributed by atoms with Crippen LogP contribution in [0, 0.1) is 0 Å². The van der Waals surface area contributed by atoms with Crippen molar-refractivity contribution in [1.29, 1.82) is 0 Å². The molecule has 0 bridgehead atoms. The summed E-state index contributed by atoms with van der Waals surface area (Å²) in [6.07, 6.45) is 16.5. The standard InChI is InChI=1S/C22H30N2O/c1-3-5-7-8-9-10-11-19-12-14-20(15-13-19)22-23-17-21(18-24-22)25-16-6-4-2/h10-15,17-18H,3-9,16H2,1-2H3. The van der Waals surface area contributed by atoms with E-state index in [4.69, 9.17) is 4.74 Å². The third-order valence-electron chi connectivity index (χ3n) is 4.10. The van der Waals surface area contributed by atoms with Crippen LogP contribution in [-0.2, 0) is 0 Å². The van der Waals surface area contributed by atoms with Gasteiger partial charge in [0.1, 0.15) is 0 Å². The Kier molecular flexibility index (Phi) is 8.74. The molecule has 1 aromatic heterocycles. The Balaban J connectivity index is 1.85. The van der Waals surface area contributed by atoms with Crippen LogP contribution in [0.3, 0.4) is 0 Å². The van der Waals surface area contributed by atoms with Gasteiger partial charge in [-0.1, -0.05) is 75.9 Å². The first kappa shape index (κ1) is 19.2. The van der Waals surface area contributed by atoms with Crippen LogP contribution in [0.4, 0.5) is 0 Å². The molecule has 0 aliphatic heterocycles. The van der Waals surface area contributed by atoms with Gasteiger partial charge in [-0.2, -0.15) is 0 Å². The Morgan fingerprint density at radius 1 is 0.880 bits per heavy atom. The van der Waals surface area contributed by atoms with E-state index in [1.165, 1.54) is 31.2 Å². The maximum absolute atomic E-state index is 5.60. The van der Waals surface area contributed by atoms with Crippen LogP contribution in [-0.4, -0.2) is 16.6 Å². The van der Waals surface area contributed by atoms with E-state index in [1.54, 1.807) is 12.4 Å². The molecule has 0 aliphatic carbocycles. The van der Waals surface area contributed by atoms with Gasteiger partial charge in [0.25, 0.3) is 0 Å². The molecule has 0 atom stereocenters. The molecule has 0 amide bonds. The topological polar surface area (TPSA) is 35.0 Å². The summed E-state index contributed by atoms with van der Waals surface area (Å²) in [7, 11) is 0. The maximum atomic E-state index is 5.60. The summed E-state index contributed by atoms with van der Waals surface area (Å²) in [6, 6.07) is 8.38. The lowest BCUT2D eigenvalue weighted by atomic mass is 10.1. The zero-order valence-corrected chi connectivity index (χ0v) is 15.6. The second-order valence-corrected chi connectivity index (χ2v) is 6.32. The van der Waals surface area contributed by atoms with Gasteiger partial charge in [-0.3, -0.25) is 0 Å². The van der Waals surface area contributed by atoms with E-state index in [9.17, 15) is 0 Å². The number of rotatable bonds is 11. The van der Waals surface area contributed by atoms with E-state index < -0.39 is 0 Å². The fourth-order valence-corrected chi connectivity index (χ4v) is 2.53. The molecule has 25 heavy (non-hydrogen) atoms. The molecule has 0 N–H and O–H groups in total. The zero-order chi connectivity index (χ0) is 17.7. The van der Waals surface area contributed by atoms with Gasteiger partial charge in [-0.15, -0.1) is 0 Å². The SMILES string of the molecule is CCCCCCC=Cc1ccc(-c2ncc(OCCCC)cn2)cc1. The Labute approximate surface area is 152 Å². The van der Waals surface area contributed by atoms with Crippen molar-refractivity contribution in [1.82, 2.24) is 9.97 Å². The Morgan fingerprint density at radius 2 is 1.60 bits per heavy atom. The normalized spacial score (nSPS) is 11.1. The molecular weight excluding hydrogens is 308 g/mol. The van der Waals surface area contributed by atoms with Crippen LogP contribution in [0.15, 0.2) is 42.7 Å². The highest BCUT2D eigenvalue weighted by Crippen LogP contribution is 2.18. The molecule has 0 saturated carbocycles. The second-order valence-electron chi connectivity index (χ2n) is 6.32. The van der Waals surface area contributed by atoms with Crippen LogP contribution in [0.1, 0.15) is 64.4 Å². The molecule has 3 heteroatoms. The lowest BCUT2D eigenvalue weighted by Gasteiger charge is -2.05. The van der Waals surface area contributed by atoms with Gasteiger partial charge >= 0.3 is 0 Å². The molecule has 1 heterocycles. The van der Waals surface area contributed by atoms with Gasteiger partial charge in [0.2, 0.25) is 0 Å². The number of ether oxygens (including phenoxy) is 1. The number of unbranched alkanes of at least 4 members (excludes halogenated alkanes) is 5. The summed E-state index contributed by atoms with van der Waals surface area (Å²) >= 11 is 0. The Morgan fingerprint density at radius 3 is 2.28 bits per heavy atom. The van der Waals surface area contributed by atoms with Crippen molar-refractivity contribution >= 4 is 6.08 Å². The lowest BCUT2D eigenvalue weighted by Crippen LogP contribution is -1.98. The summed E-state index contributed by atoms with van der Waals surface area (Å²) in [5, 5.41) is 0. The van der Waals surface area contributed by atoms with E-state index in [0.29, 0.717) is 0 Å². The Bertz CT molecular complexity index is 617. The highest BCUT2D eigenvalue weighted by atomic mass is 16.5. The molecule has 134 valence electrons. The number of benzene rings is 1. The van der Waals surface area contributed by atoms with Crippen molar-refractivity contribution in [2.24, 2.45) is 0 Å². The Hall–Kier alpha value is -2.16. The van der Waals surface area contributed by atoms with Gasteiger partial charge in [-0.05, 0) is 24.8 Å². The van der Waals surface area contributed by atoms with Crippen molar-refractivity contribution in [3.63, 3.8) is 0 Å². The predicted octanol–water partition coefficient (Wildman–Crippen LogP) is 6.31. The molecule has 2 rings (SSSR count). The van der Waals surface area contributed by atoms with Crippen molar-refractivity contribution < 1.29 is 4.74 Å². The molecule has 0 radical (unpaired) electrons. The van der Waals surface area contributed by atoms with E-state index in [2.05, 4.69) is 60.2 Å². The van der Waals surface area contributed by atoms with Gasteiger partial charge < -0.3 is 4.74 Å². The molecule has 0 aliphatic rings. The summed E-state index contributed by atoms with van der Waals surface area (Å²) < 4.78 is 5.60. The lowest BCUT2D eigenvalue weighted by molar-refractivity contribution is 0.307. The average Bonchev–Trinajstić information content (AvgIpc) is 2.66. The quantitative estimate of drug-likeness (QED) is 0.451. The molecule has 3 nitrogen and oxygen atoms in total. The highest BCUT2D eigenvalue weighted by Gasteiger charge is 2.02. The average molecular weight is 338 g/mol. The molecule has 0 saturated heterocycles. The van der Waals surface area contributed by atoms with Crippen molar-refractivity contribution in [2.45, 2.75) is 58.8 Å². The summed E-state index contributed by atoms with van der Waals surface area (Å²) in [5.74, 6) is 1.47.